The van der Waals surface area contributed by atoms with E-state index in [1.165, 1.54) is 6.07 Å². The molecule has 1 aliphatic heterocycles. The molecule has 2 aromatic carbocycles. The van der Waals surface area contributed by atoms with E-state index in [9.17, 15) is 9.18 Å². The van der Waals surface area contributed by atoms with Crippen molar-refractivity contribution in [3.63, 3.8) is 0 Å². The van der Waals surface area contributed by atoms with E-state index < -0.39 is 0 Å². The number of likely N-dealkylation sites (tertiary alicyclic amines) is 1. The third-order valence-electron chi connectivity index (χ3n) is 4.72. The lowest BCUT2D eigenvalue weighted by Gasteiger charge is -2.22. The van der Waals surface area contributed by atoms with Crippen LogP contribution < -0.4 is 4.74 Å². The highest BCUT2D eigenvalue weighted by Crippen LogP contribution is 2.34. The topological polar surface area (TPSA) is 68.5 Å². The molecule has 4 rings (SSSR count). The molecule has 1 saturated heterocycles. The van der Waals surface area contributed by atoms with Crippen molar-refractivity contribution in [2.75, 3.05) is 7.11 Å². The molecule has 28 heavy (non-hydrogen) atoms. The van der Waals surface area contributed by atoms with E-state index in [2.05, 4.69) is 26.1 Å². The van der Waals surface area contributed by atoms with Crippen LogP contribution in [0.25, 0.3) is 11.4 Å². The quantitative estimate of drug-likeness (QED) is 0.577. The number of halogens is 2. The molecule has 1 atom stereocenters. The fourth-order valence-electron chi connectivity index (χ4n) is 3.28. The number of rotatable bonds is 5. The monoisotopic (exact) mass is 445 g/mol. The van der Waals surface area contributed by atoms with E-state index >= 15 is 0 Å². The molecule has 1 aliphatic rings. The van der Waals surface area contributed by atoms with Gasteiger partial charge in [-0.25, -0.2) is 4.39 Å². The van der Waals surface area contributed by atoms with E-state index in [1.807, 2.05) is 24.3 Å². The molecule has 144 valence electrons. The standard InChI is InChI=1S/C20H17BrFN3O3/c1-27-14-4-2-3-12(9-14)11-25-17(7-8-18(25)26)20-23-19(24-28-20)13-5-6-16(22)15(21)10-13/h2-6,9-10,17H,7-8,11H2,1H3. The third kappa shape index (κ3) is 3.64. The largest absolute Gasteiger partial charge is 0.497 e. The minimum Gasteiger partial charge on any atom is -0.497 e. The number of nitrogens with zero attached hydrogens (tertiary/aromatic N) is 3. The molecule has 0 radical (unpaired) electrons. The molecule has 0 bridgehead atoms. The molecule has 1 amide bonds. The summed E-state index contributed by atoms with van der Waals surface area (Å²) >= 11 is 3.16. The van der Waals surface area contributed by atoms with Crippen molar-refractivity contribution in [3.05, 3.63) is 64.2 Å². The number of carbonyl (C=O) groups is 1. The Bertz CT molecular complexity index is 1020. The lowest BCUT2D eigenvalue weighted by Crippen LogP contribution is -2.27. The van der Waals surface area contributed by atoms with Gasteiger partial charge in [-0.3, -0.25) is 4.79 Å². The van der Waals surface area contributed by atoms with Gasteiger partial charge in [-0.05, 0) is 58.2 Å². The predicted octanol–water partition coefficient (Wildman–Crippen LogP) is 4.51. The van der Waals surface area contributed by atoms with Crippen molar-refractivity contribution in [1.82, 2.24) is 15.0 Å². The first-order valence-electron chi connectivity index (χ1n) is 8.76. The summed E-state index contributed by atoms with van der Waals surface area (Å²) in [5, 5.41) is 4.01. The summed E-state index contributed by atoms with van der Waals surface area (Å²) in [6.45, 7) is 0.431. The van der Waals surface area contributed by atoms with Crippen LogP contribution in [-0.2, 0) is 11.3 Å². The minimum atomic E-state index is -0.363. The first-order valence-corrected chi connectivity index (χ1v) is 9.56. The summed E-state index contributed by atoms with van der Waals surface area (Å²) in [5.74, 6) is 1.15. The summed E-state index contributed by atoms with van der Waals surface area (Å²) in [6, 6.07) is 11.8. The van der Waals surface area contributed by atoms with Crippen LogP contribution in [0.3, 0.4) is 0 Å². The van der Waals surface area contributed by atoms with Crippen LogP contribution in [0, 0.1) is 5.82 Å². The molecule has 0 N–H and O–H groups in total. The molecular weight excluding hydrogens is 429 g/mol. The highest BCUT2D eigenvalue weighted by Gasteiger charge is 2.36. The van der Waals surface area contributed by atoms with Gasteiger partial charge in [0.25, 0.3) is 0 Å². The first kappa shape index (κ1) is 18.6. The van der Waals surface area contributed by atoms with Gasteiger partial charge < -0.3 is 14.2 Å². The number of amides is 1. The lowest BCUT2D eigenvalue weighted by atomic mass is 10.1. The number of hydrogen-bond donors (Lipinski definition) is 0. The van der Waals surface area contributed by atoms with Gasteiger partial charge in [0.15, 0.2) is 0 Å². The lowest BCUT2D eigenvalue weighted by molar-refractivity contribution is -0.130. The van der Waals surface area contributed by atoms with Crippen LogP contribution in [0.4, 0.5) is 4.39 Å². The second-order valence-corrected chi connectivity index (χ2v) is 7.37. The summed E-state index contributed by atoms with van der Waals surface area (Å²) in [6.07, 6.45) is 1.03. The van der Waals surface area contributed by atoms with Crippen molar-refractivity contribution >= 4 is 21.8 Å². The summed E-state index contributed by atoms with van der Waals surface area (Å²) < 4.78 is 24.5. The Morgan fingerprint density at radius 2 is 2.18 bits per heavy atom. The van der Waals surface area contributed by atoms with Gasteiger partial charge in [0.05, 0.1) is 11.6 Å². The van der Waals surface area contributed by atoms with Crippen LogP contribution in [0.5, 0.6) is 5.75 Å². The van der Waals surface area contributed by atoms with Gasteiger partial charge in [-0.2, -0.15) is 4.98 Å². The number of carbonyl (C=O) groups excluding carboxylic acids is 1. The minimum absolute atomic E-state index is 0.0390. The Morgan fingerprint density at radius 1 is 1.32 bits per heavy atom. The van der Waals surface area contributed by atoms with Crippen molar-refractivity contribution in [1.29, 1.82) is 0 Å². The fourth-order valence-corrected chi connectivity index (χ4v) is 3.66. The molecule has 0 spiro atoms. The molecule has 3 aromatic rings. The number of hydrogen-bond acceptors (Lipinski definition) is 5. The van der Waals surface area contributed by atoms with Gasteiger partial charge in [0.2, 0.25) is 17.6 Å². The maximum absolute atomic E-state index is 13.5. The normalized spacial score (nSPS) is 16.6. The van der Waals surface area contributed by atoms with Crippen LogP contribution in [0.15, 0.2) is 51.5 Å². The fraction of sp³-hybridized carbons (Fsp3) is 0.250. The molecule has 6 nitrogen and oxygen atoms in total. The smallest absolute Gasteiger partial charge is 0.249 e. The average Bonchev–Trinajstić information content (AvgIpc) is 3.32. The van der Waals surface area contributed by atoms with E-state index in [0.29, 0.717) is 41.1 Å². The van der Waals surface area contributed by atoms with Crippen molar-refractivity contribution < 1.29 is 18.4 Å². The number of aromatic nitrogens is 2. The maximum atomic E-state index is 13.5. The van der Waals surface area contributed by atoms with E-state index in [-0.39, 0.29) is 17.8 Å². The van der Waals surface area contributed by atoms with E-state index in [1.54, 1.807) is 24.1 Å². The second-order valence-electron chi connectivity index (χ2n) is 6.51. The molecule has 1 aromatic heterocycles. The van der Waals surface area contributed by atoms with E-state index in [4.69, 9.17) is 9.26 Å². The predicted molar refractivity (Wildman–Crippen MR) is 103 cm³/mol. The molecule has 8 heteroatoms. The second kappa shape index (κ2) is 7.71. The Hall–Kier alpha value is -2.74. The maximum Gasteiger partial charge on any atom is 0.249 e. The first-order chi connectivity index (χ1) is 13.5. The van der Waals surface area contributed by atoms with Crippen LogP contribution >= 0.6 is 15.9 Å². The Labute approximate surface area is 169 Å². The number of methoxy groups -OCH3 is 1. The molecule has 0 aliphatic carbocycles. The van der Waals surface area contributed by atoms with Gasteiger partial charge in [-0.1, -0.05) is 17.3 Å². The Kier molecular flexibility index (Phi) is 5.13. The van der Waals surface area contributed by atoms with Crippen molar-refractivity contribution in [3.8, 4) is 17.1 Å². The number of ether oxygens (including phenoxy) is 1. The van der Waals surface area contributed by atoms with Gasteiger partial charge in [0, 0.05) is 18.5 Å². The Morgan fingerprint density at radius 3 is 2.96 bits per heavy atom. The highest BCUT2D eigenvalue weighted by atomic mass is 79.9. The molecule has 1 unspecified atom stereocenters. The van der Waals surface area contributed by atoms with Crippen LogP contribution in [-0.4, -0.2) is 28.1 Å². The van der Waals surface area contributed by atoms with Gasteiger partial charge in [-0.15, -0.1) is 0 Å². The van der Waals surface area contributed by atoms with Crippen molar-refractivity contribution in [2.24, 2.45) is 0 Å². The summed E-state index contributed by atoms with van der Waals surface area (Å²) in [5.41, 5.74) is 1.59. The molecular formula is C20H17BrFN3O3. The SMILES string of the molecule is COc1cccc(CN2C(=O)CCC2c2nc(-c3ccc(F)c(Br)c3)no2)c1. The summed E-state index contributed by atoms with van der Waals surface area (Å²) in [7, 11) is 1.61. The highest BCUT2D eigenvalue weighted by molar-refractivity contribution is 9.10. The van der Waals surface area contributed by atoms with Crippen LogP contribution in [0.1, 0.15) is 30.3 Å². The Balaban J connectivity index is 1.58. The average molecular weight is 446 g/mol. The third-order valence-corrected chi connectivity index (χ3v) is 5.33. The zero-order chi connectivity index (χ0) is 19.7. The summed E-state index contributed by atoms with van der Waals surface area (Å²) in [4.78, 5) is 18.6. The van der Waals surface area contributed by atoms with Crippen LogP contribution in [0.2, 0.25) is 0 Å². The molecule has 2 heterocycles. The molecule has 0 saturated carbocycles. The molecule has 1 fully saturated rings. The van der Waals surface area contributed by atoms with Gasteiger partial charge >= 0.3 is 0 Å². The number of benzene rings is 2. The van der Waals surface area contributed by atoms with E-state index in [0.717, 1.165) is 11.3 Å². The zero-order valence-corrected chi connectivity index (χ0v) is 16.6. The van der Waals surface area contributed by atoms with Gasteiger partial charge in [0.1, 0.15) is 17.6 Å². The zero-order valence-electron chi connectivity index (χ0n) is 15.1. The van der Waals surface area contributed by atoms with Crippen molar-refractivity contribution in [2.45, 2.75) is 25.4 Å².